The molecule has 0 radical (unpaired) electrons. The second-order valence-corrected chi connectivity index (χ2v) is 3.84. The molecule has 1 aromatic carbocycles. The molecular formula is C8H6F3N3S. The fourth-order valence-electron chi connectivity index (χ4n) is 1.24. The molecule has 80 valence electrons. The van der Waals surface area contributed by atoms with Crippen LogP contribution < -0.4 is 11.3 Å². The predicted octanol–water partition coefficient (Wildman–Crippen LogP) is 2.60. The van der Waals surface area contributed by atoms with Crippen LogP contribution in [0.5, 0.6) is 0 Å². The quantitative estimate of drug-likeness (QED) is 0.588. The van der Waals surface area contributed by atoms with E-state index in [-0.39, 0.29) is 10.6 Å². The first-order chi connectivity index (χ1) is 7.02. The summed E-state index contributed by atoms with van der Waals surface area (Å²) in [6, 6.07) is 3.93. The van der Waals surface area contributed by atoms with Crippen molar-refractivity contribution in [1.82, 2.24) is 4.98 Å². The Morgan fingerprint density at radius 2 is 2.07 bits per heavy atom. The van der Waals surface area contributed by atoms with E-state index in [4.69, 9.17) is 5.84 Å². The van der Waals surface area contributed by atoms with E-state index in [0.717, 1.165) is 17.4 Å². The van der Waals surface area contributed by atoms with E-state index in [1.165, 1.54) is 6.07 Å². The van der Waals surface area contributed by atoms with E-state index in [9.17, 15) is 13.2 Å². The van der Waals surface area contributed by atoms with Crippen molar-refractivity contribution >= 4 is 26.7 Å². The summed E-state index contributed by atoms with van der Waals surface area (Å²) < 4.78 is 38.1. The fourth-order valence-corrected chi connectivity index (χ4v) is 2.04. The molecule has 0 atom stereocenters. The fraction of sp³-hybridized carbons (Fsp3) is 0.125. The van der Waals surface area contributed by atoms with Crippen LogP contribution in [0.2, 0.25) is 0 Å². The highest BCUT2D eigenvalue weighted by atomic mass is 32.1. The average Bonchev–Trinajstić information content (AvgIpc) is 2.57. The van der Waals surface area contributed by atoms with Crippen molar-refractivity contribution in [2.75, 3.05) is 5.43 Å². The van der Waals surface area contributed by atoms with Gasteiger partial charge < -0.3 is 0 Å². The van der Waals surface area contributed by atoms with Crippen LogP contribution in [-0.2, 0) is 6.18 Å². The van der Waals surface area contributed by atoms with Crippen LogP contribution in [0.15, 0.2) is 18.2 Å². The number of hydrazine groups is 1. The van der Waals surface area contributed by atoms with Gasteiger partial charge in [-0.25, -0.2) is 10.8 Å². The Kier molecular flexibility index (Phi) is 2.28. The molecule has 0 bridgehead atoms. The summed E-state index contributed by atoms with van der Waals surface area (Å²) in [4.78, 5) is 3.76. The Morgan fingerprint density at radius 1 is 1.33 bits per heavy atom. The number of benzene rings is 1. The Hall–Kier alpha value is -1.34. The third-order valence-electron chi connectivity index (χ3n) is 1.85. The largest absolute Gasteiger partial charge is 0.418 e. The average molecular weight is 233 g/mol. The summed E-state index contributed by atoms with van der Waals surface area (Å²) in [6.45, 7) is 0. The van der Waals surface area contributed by atoms with Crippen LogP contribution in [0, 0.1) is 0 Å². The lowest BCUT2D eigenvalue weighted by Crippen LogP contribution is -2.07. The standard InChI is InChI=1S/C8H6F3N3S/c9-8(10,11)4-2-1-3-5-6(4)13-7(14-12)15-5/h1-3H,12H2,(H,13,14). The number of aromatic nitrogens is 1. The monoisotopic (exact) mass is 233 g/mol. The van der Waals surface area contributed by atoms with Gasteiger partial charge in [-0.3, -0.25) is 5.43 Å². The summed E-state index contributed by atoms with van der Waals surface area (Å²) >= 11 is 1.08. The number of nitrogens with zero attached hydrogens (tertiary/aromatic N) is 1. The minimum atomic E-state index is -4.39. The first-order valence-electron chi connectivity index (χ1n) is 3.96. The Labute approximate surface area is 86.7 Å². The summed E-state index contributed by atoms with van der Waals surface area (Å²) in [6.07, 6.45) is -4.39. The zero-order valence-electron chi connectivity index (χ0n) is 7.30. The lowest BCUT2D eigenvalue weighted by atomic mass is 10.2. The van der Waals surface area contributed by atoms with Crippen LogP contribution in [0.4, 0.5) is 18.3 Å². The lowest BCUT2D eigenvalue weighted by molar-refractivity contribution is -0.136. The molecule has 3 N–H and O–H groups in total. The van der Waals surface area contributed by atoms with Crippen LogP contribution >= 0.6 is 11.3 Å². The number of anilines is 1. The third-order valence-corrected chi connectivity index (χ3v) is 2.80. The number of rotatable bonds is 1. The zero-order valence-corrected chi connectivity index (χ0v) is 8.12. The minimum Gasteiger partial charge on any atom is -0.300 e. The van der Waals surface area contributed by atoms with E-state index in [2.05, 4.69) is 10.4 Å². The van der Waals surface area contributed by atoms with Crippen molar-refractivity contribution in [1.29, 1.82) is 0 Å². The second kappa shape index (κ2) is 3.35. The van der Waals surface area contributed by atoms with Crippen LogP contribution in [-0.4, -0.2) is 4.98 Å². The van der Waals surface area contributed by atoms with Gasteiger partial charge in [-0.1, -0.05) is 17.4 Å². The molecule has 0 fully saturated rings. The van der Waals surface area contributed by atoms with Gasteiger partial charge in [-0.15, -0.1) is 0 Å². The molecule has 0 aliphatic heterocycles. The predicted molar refractivity (Wildman–Crippen MR) is 52.4 cm³/mol. The molecule has 7 heteroatoms. The minimum absolute atomic E-state index is 0.0667. The van der Waals surface area contributed by atoms with Crippen molar-refractivity contribution in [3.05, 3.63) is 23.8 Å². The number of hydrogen-bond donors (Lipinski definition) is 2. The van der Waals surface area contributed by atoms with Gasteiger partial charge in [0.05, 0.1) is 15.8 Å². The van der Waals surface area contributed by atoms with E-state index in [0.29, 0.717) is 4.70 Å². The van der Waals surface area contributed by atoms with Crippen molar-refractivity contribution < 1.29 is 13.2 Å². The molecule has 3 nitrogen and oxygen atoms in total. The number of alkyl halides is 3. The van der Waals surface area contributed by atoms with E-state index < -0.39 is 11.7 Å². The Bertz CT molecular complexity index is 491. The van der Waals surface area contributed by atoms with E-state index in [1.807, 2.05) is 0 Å². The van der Waals surface area contributed by atoms with Crippen molar-refractivity contribution in [3.8, 4) is 0 Å². The number of nitrogens with two attached hydrogens (primary N) is 1. The van der Waals surface area contributed by atoms with Crippen LogP contribution in [0.1, 0.15) is 5.56 Å². The number of hydrogen-bond acceptors (Lipinski definition) is 4. The molecule has 2 aromatic rings. The first-order valence-corrected chi connectivity index (χ1v) is 4.77. The second-order valence-electron chi connectivity index (χ2n) is 2.81. The Morgan fingerprint density at radius 3 is 2.67 bits per heavy atom. The van der Waals surface area contributed by atoms with Crippen molar-refractivity contribution in [2.45, 2.75) is 6.18 Å². The molecule has 15 heavy (non-hydrogen) atoms. The molecular weight excluding hydrogens is 227 g/mol. The molecule has 0 unspecified atom stereocenters. The molecule has 0 saturated heterocycles. The SMILES string of the molecule is NNc1nc2c(C(F)(F)F)cccc2s1. The molecule has 1 aromatic heterocycles. The zero-order chi connectivity index (χ0) is 11.1. The highest BCUT2D eigenvalue weighted by Gasteiger charge is 2.33. The smallest absolute Gasteiger partial charge is 0.300 e. The normalized spacial score (nSPS) is 12.0. The van der Waals surface area contributed by atoms with Gasteiger partial charge in [0.25, 0.3) is 0 Å². The van der Waals surface area contributed by atoms with Gasteiger partial charge in [0.2, 0.25) is 0 Å². The maximum Gasteiger partial charge on any atom is 0.418 e. The van der Waals surface area contributed by atoms with Crippen LogP contribution in [0.3, 0.4) is 0 Å². The highest BCUT2D eigenvalue weighted by Crippen LogP contribution is 2.37. The summed E-state index contributed by atoms with van der Waals surface area (Å²) in [7, 11) is 0. The molecule has 1 heterocycles. The van der Waals surface area contributed by atoms with Crippen molar-refractivity contribution in [3.63, 3.8) is 0 Å². The number of thiazole rings is 1. The van der Waals surface area contributed by atoms with Gasteiger partial charge in [-0.05, 0) is 12.1 Å². The number of halogens is 3. The molecule has 0 aliphatic rings. The van der Waals surface area contributed by atoms with Gasteiger partial charge in [0, 0.05) is 0 Å². The van der Waals surface area contributed by atoms with Gasteiger partial charge in [0.1, 0.15) is 0 Å². The number of nitrogen functional groups attached to an aromatic ring is 1. The highest BCUT2D eigenvalue weighted by molar-refractivity contribution is 7.22. The van der Waals surface area contributed by atoms with Gasteiger partial charge in [0.15, 0.2) is 5.13 Å². The maximum absolute atomic E-state index is 12.5. The molecule has 0 saturated carbocycles. The molecule has 0 spiro atoms. The Balaban J connectivity index is 2.70. The van der Waals surface area contributed by atoms with E-state index in [1.54, 1.807) is 6.07 Å². The topological polar surface area (TPSA) is 50.9 Å². The number of para-hydroxylation sites is 1. The van der Waals surface area contributed by atoms with Gasteiger partial charge in [-0.2, -0.15) is 13.2 Å². The molecule has 0 amide bonds. The van der Waals surface area contributed by atoms with Gasteiger partial charge >= 0.3 is 6.18 Å². The third kappa shape index (κ3) is 1.75. The summed E-state index contributed by atoms with van der Waals surface area (Å²) in [5.74, 6) is 5.09. The molecule has 2 rings (SSSR count). The lowest BCUT2D eigenvalue weighted by Gasteiger charge is -2.05. The number of nitrogens with one attached hydrogen (secondary N) is 1. The summed E-state index contributed by atoms with van der Waals surface area (Å²) in [5, 5.41) is 0.265. The van der Waals surface area contributed by atoms with E-state index >= 15 is 0 Å². The summed E-state index contributed by atoms with van der Waals surface area (Å²) in [5.41, 5.74) is 1.43. The van der Waals surface area contributed by atoms with Crippen LogP contribution in [0.25, 0.3) is 10.2 Å². The van der Waals surface area contributed by atoms with Crippen molar-refractivity contribution in [2.24, 2.45) is 5.84 Å². The molecule has 0 aliphatic carbocycles. The maximum atomic E-state index is 12.5. The first kappa shape index (κ1) is 10.2. The number of fused-ring (bicyclic) bond motifs is 1.